The first-order chi connectivity index (χ1) is 12.2. The van der Waals surface area contributed by atoms with E-state index >= 15 is 0 Å². The molecule has 2 aliphatic heterocycles. The van der Waals surface area contributed by atoms with Crippen molar-refractivity contribution >= 4 is 12.4 Å². The van der Waals surface area contributed by atoms with Crippen molar-refractivity contribution in [2.75, 3.05) is 19.7 Å². The quantitative estimate of drug-likeness (QED) is 0.853. The Morgan fingerprint density at radius 3 is 2.42 bits per heavy atom. The molecule has 0 aliphatic carbocycles. The number of benzene rings is 2. The van der Waals surface area contributed by atoms with E-state index in [0.29, 0.717) is 12.5 Å². The van der Waals surface area contributed by atoms with E-state index in [1.165, 1.54) is 17.7 Å². The normalized spacial score (nSPS) is 21.3. The molecular formula is C21H25ClFNO2. The van der Waals surface area contributed by atoms with Gasteiger partial charge in [0.1, 0.15) is 18.2 Å². The topological polar surface area (TPSA) is 30.5 Å². The lowest BCUT2D eigenvalue weighted by Gasteiger charge is -2.33. The first-order valence-corrected chi connectivity index (χ1v) is 9.04. The van der Waals surface area contributed by atoms with Gasteiger partial charge in [0.25, 0.3) is 0 Å². The molecule has 0 radical (unpaired) electrons. The predicted molar refractivity (Wildman–Crippen MR) is 103 cm³/mol. The lowest BCUT2D eigenvalue weighted by atomic mass is 9.84. The van der Waals surface area contributed by atoms with Gasteiger partial charge in [-0.1, -0.05) is 24.3 Å². The second-order valence-electron chi connectivity index (χ2n) is 7.13. The average molecular weight is 378 g/mol. The summed E-state index contributed by atoms with van der Waals surface area (Å²) in [5.74, 6) is 1.09. The SMILES string of the molecule is Cl.Fc1ccc(COc2ccc([C@H]3COC4(CCNCC4)C3)cc2)cc1. The zero-order valence-corrected chi connectivity index (χ0v) is 15.6. The minimum atomic E-state index is -0.224. The Kier molecular flexibility index (Phi) is 6.17. The largest absolute Gasteiger partial charge is 0.489 e. The van der Waals surface area contributed by atoms with E-state index in [4.69, 9.17) is 9.47 Å². The Labute approximate surface area is 160 Å². The molecule has 140 valence electrons. The van der Waals surface area contributed by atoms with Gasteiger partial charge in [-0.15, -0.1) is 12.4 Å². The van der Waals surface area contributed by atoms with Crippen molar-refractivity contribution in [3.63, 3.8) is 0 Å². The standard InChI is InChI=1S/C21H24FNO2.ClH/c22-19-5-1-16(2-6-19)14-24-20-7-3-17(4-8-20)18-13-21(25-15-18)9-11-23-12-10-21;/h1-8,18,23H,9-15H2;1H/t18-;/m1./s1. The van der Waals surface area contributed by atoms with Crippen LogP contribution in [0.15, 0.2) is 48.5 Å². The number of nitrogens with one attached hydrogen (secondary N) is 1. The summed E-state index contributed by atoms with van der Waals surface area (Å²) in [6.45, 7) is 3.38. The summed E-state index contributed by atoms with van der Waals surface area (Å²) in [7, 11) is 0. The second-order valence-corrected chi connectivity index (χ2v) is 7.13. The van der Waals surface area contributed by atoms with Gasteiger partial charge < -0.3 is 14.8 Å². The number of ether oxygens (including phenoxy) is 2. The summed E-state index contributed by atoms with van der Waals surface area (Å²) in [5, 5.41) is 3.41. The molecule has 3 nitrogen and oxygen atoms in total. The molecule has 0 aromatic heterocycles. The smallest absolute Gasteiger partial charge is 0.123 e. The van der Waals surface area contributed by atoms with Gasteiger partial charge >= 0.3 is 0 Å². The van der Waals surface area contributed by atoms with Crippen LogP contribution in [0.1, 0.15) is 36.3 Å². The van der Waals surface area contributed by atoms with Crippen LogP contribution in [0.2, 0.25) is 0 Å². The van der Waals surface area contributed by atoms with Crippen LogP contribution >= 0.6 is 12.4 Å². The Bertz CT molecular complexity index is 699. The van der Waals surface area contributed by atoms with E-state index < -0.39 is 0 Å². The summed E-state index contributed by atoms with van der Waals surface area (Å²) < 4.78 is 24.9. The fraction of sp³-hybridized carbons (Fsp3) is 0.429. The lowest BCUT2D eigenvalue weighted by molar-refractivity contribution is -0.0193. The highest BCUT2D eigenvalue weighted by Gasteiger charge is 2.41. The maximum Gasteiger partial charge on any atom is 0.123 e. The average Bonchev–Trinajstić information content (AvgIpc) is 3.06. The number of halogens is 2. The van der Waals surface area contributed by atoms with E-state index in [2.05, 4.69) is 17.4 Å². The molecule has 0 bridgehead atoms. The van der Waals surface area contributed by atoms with E-state index in [1.807, 2.05) is 12.1 Å². The van der Waals surface area contributed by atoms with Crippen LogP contribution in [0.3, 0.4) is 0 Å². The maximum atomic E-state index is 12.9. The summed E-state index contributed by atoms with van der Waals surface area (Å²) >= 11 is 0. The van der Waals surface area contributed by atoms with Gasteiger partial charge in [-0.3, -0.25) is 0 Å². The zero-order valence-electron chi connectivity index (χ0n) is 14.7. The highest BCUT2D eigenvalue weighted by molar-refractivity contribution is 5.85. The molecule has 2 aromatic rings. The molecule has 1 N–H and O–H groups in total. The van der Waals surface area contributed by atoms with Crippen molar-refractivity contribution in [2.24, 2.45) is 0 Å². The fourth-order valence-corrected chi connectivity index (χ4v) is 3.87. The Hall–Kier alpha value is -1.62. The summed E-state index contributed by atoms with van der Waals surface area (Å²) in [5.41, 5.74) is 2.38. The third-order valence-electron chi connectivity index (χ3n) is 5.39. The van der Waals surface area contributed by atoms with E-state index in [9.17, 15) is 4.39 Å². The van der Waals surface area contributed by atoms with E-state index in [-0.39, 0.29) is 23.8 Å². The summed E-state index contributed by atoms with van der Waals surface area (Å²) in [6, 6.07) is 14.7. The molecule has 0 saturated carbocycles. The number of piperidine rings is 1. The number of hydrogen-bond acceptors (Lipinski definition) is 3. The Balaban J connectivity index is 0.00000196. The lowest BCUT2D eigenvalue weighted by Crippen LogP contribution is -2.41. The molecule has 5 heteroatoms. The minimum absolute atomic E-state index is 0. The van der Waals surface area contributed by atoms with Gasteiger partial charge in [0, 0.05) is 5.92 Å². The van der Waals surface area contributed by atoms with Crippen LogP contribution in [0.5, 0.6) is 5.75 Å². The highest BCUT2D eigenvalue weighted by atomic mass is 35.5. The van der Waals surface area contributed by atoms with Crippen LogP contribution in [-0.2, 0) is 11.3 Å². The summed E-state index contributed by atoms with van der Waals surface area (Å²) in [4.78, 5) is 0. The molecule has 2 saturated heterocycles. The van der Waals surface area contributed by atoms with Gasteiger partial charge in [0.15, 0.2) is 0 Å². The second kappa shape index (κ2) is 8.38. The molecule has 4 rings (SSSR count). The van der Waals surface area contributed by atoms with Gasteiger partial charge in [-0.05, 0) is 67.7 Å². The molecule has 2 fully saturated rings. The molecule has 2 aromatic carbocycles. The third-order valence-corrected chi connectivity index (χ3v) is 5.39. The molecule has 26 heavy (non-hydrogen) atoms. The molecule has 1 atom stereocenters. The molecule has 2 aliphatic rings. The molecular weight excluding hydrogens is 353 g/mol. The van der Waals surface area contributed by atoms with Gasteiger partial charge in [0.05, 0.1) is 12.2 Å². The van der Waals surface area contributed by atoms with Crippen LogP contribution in [-0.4, -0.2) is 25.3 Å². The Morgan fingerprint density at radius 1 is 1.04 bits per heavy atom. The van der Waals surface area contributed by atoms with E-state index in [1.54, 1.807) is 12.1 Å². The van der Waals surface area contributed by atoms with Gasteiger partial charge in [0.2, 0.25) is 0 Å². The predicted octanol–water partition coefficient (Wildman–Crippen LogP) is 4.45. The molecule has 0 unspecified atom stereocenters. The van der Waals surface area contributed by atoms with Crippen molar-refractivity contribution in [3.05, 3.63) is 65.5 Å². The first kappa shape index (κ1) is 19.2. The Morgan fingerprint density at radius 2 is 1.73 bits per heavy atom. The van der Waals surface area contributed by atoms with Crippen LogP contribution < -0.4 is 10.1 Å². The van der Waals surface area contributed by atoms with Gasteiger partial charge in [-0.2, -0.15) is 0 Å². The monoisotopic (exact) mass is 377 g/mol. The van der Waals surface area contributed by atoms with E-state index in [0.717, 1.165) is 50.3 Å². The number of hydrogen-bond donors (Lipinski definition) is 1. The molecule has 2 heterocycles. The first-order valence-electron chi connectivity index (χ1n) is 9.04. The molecule has 1 spiro atoms. The minimum Gasteiger partial charge on any atom is -0.489 e. The molecule has 0 amide bonds. The third kappa shape index (κ3) is 4.37. The number of rotatable bonds is 4. The maximum absolute atomic E-state index is 12.9. The van der Waals surface area contributed by atoms with Crippen LogP contribution in [0, 0.1) is 5.82 Å². The zero-order chi connectivity index (χ0) is 17.1. The van der Waals surface area contributed by atoms with Crippen molar-refractivity contribution in [1.29, 1.82) is 0 Å². The van der Waals surface area contributed by atoms with Crippen LogP contribution in [0.25, 0.3) is 0 Å². The highest BCUT2D eigenvalue weighted by Crippen LogP contribution is 2.41. The fourth-order valence-electron chi connectivity index (χ4n) is 3.87. The van der Waals surface area contributed by atoms with Crippen molar-refractivity contribution in [1.82, 2.24) is 5.32 Å². The van der Waals surface area contributed by atoms with Crippen molar-refractivity contribution in [2.45, 2.75) is 37.4 Å². The van der Waals surface area contributed by atoms with Crippen LogP contribution in [0.4, 0.5) is 4.39 Å². The van der Waals surface area contributed by atoms with Crippen molar-refractivity contribution < 1.29 is 13.9 Å². The van der Waals surface area contributed by atoms with Crippen molar-refractivity contribution in [3.8, 4) is 5.75 Å². The summed E-state index contributed by atoms with van der Waals surface area (Å²) in [6.07, 6.45) is 3.34. The van der Waals surface area contributed by atoms with Gasteiger partial charge in [-0.25, -0.2) is 4.39 Å².